The smallest absolute Gasteiger partial charge is 0.182 e. The molecular formula is C25H27OP2+. The first-order chi connectivity index (χ1) is 13.1. The van der Waals surface area contributed by atoms with Gasteiger partial charge >= 0.3 is 0 Å². The molecule has 142 valence electrons. The Morgan fingerprint density at radius 3 is 1.07 bits per heavy atom. The van der Waals surface area contributed by atoms with Crippen LogP contribution < -0.4 is 31.8 Å². The molecule has 0 fully saturated rings. The van der Waals surface area contributed by atoms with Crippen LogP contribution in [0.15, 0.2) is 36.4 Å². The van der Waals surface area contributed by atoms with Gasteiger partial charge in [0.2, 0.25) is 0 Å². The zero-order valence-electron chi connectivity index (χ0n) is 17.8. The van der Waals surface area contributed by atoms with Crippen LogP contribution >= 0.6 is 14.4 Å². The first kappa shape index (κ1) is 18.4. The molecule has 6 rings (SSSR count). The molecule has 0 aliphatic carbocycles. The van der Waals surface area contributed by atoms with Crippen LogP contribution in [0.5, 0.6) is 0 Å². The van der Waals surface area contributed by atoms with Crippen molar-refractivity contribution in [1.82, 2.24) is 0 Å². The summed E-state index contributed by atoms with van der Waals surface area (Å²) in [5.74, 6) is 0. The van der Waals surface area contributed by atoms with E-state index in [0.29, 0.717) is 0 Å². The van der Waals surface area contributed by atoms with E-state index in [4.69, 9.17) is 0 Å². The van der Waals surface area contributed by atoms with Crippen LogP contribution in [0.3, 0.4) is 0 Å². The van der Waals surface area contributed by atoms with E-state index in [1.807, 2.05) is 0 Å². The second kappa shape index (κ2) is 5.47. The van der Waals surface area contributed by atoms with E-state index < -0.39 is 14.4 Å². The van der Waals surface area contributed by atoms with Gasteiger partial charge in [-0.3, -0.25) is 0 Å². The van der Waals surface area contributed by atoms with Gasteiger partial charge in [0.1, 0.15) is 23.2 Å². The van der Waals surface area contributed by atoms with Gasteiger partial charge in [-0.05, 0) is 111 Å². The minimum absolute atomic E-state index is 1.11. The molecule has 3 aliphatic heterocycles. The normalized spacial score (nSPS) is 24.0. The molecule has 3 aliphatic rings. The van der Waals surface area contributed by atoms with Gasteiger partial charge in [0, 0.05) is 0 Å². The maximum atomic E-state index is 15.1. The van der Waals surface area contributed by atoms with Gasteiger partial charge < -0.3 is 4.57 Å². The highest BCUT2D eigenvalue weighted by molar-refractivity contribution is 8.05. The van der Waals surface area contributed by atoms with Gasteiger partial charge in [0.25, 0.3) is 0 Å². The van der Waals surface area contributed by atoms with Gasteiger partial charge in [-0.2, -0.15) is 0 Å². The fourth-order valence-electron chi connectivity index (χ4n) is 4.97. The molecule has 0 atom stereocenters. The van der Waals surface area contributed by atoms with Gasteiger partial charge in [-0.1, -0.05) is 0 Å². The Morgan fingerprint density at radius 2 is 0.786 bits per heavy atom. The number of aryl methyl sites for hydroxylation is 6. The summed E-state index contributed by atoms with van der Waals surface area (Å²) < 4.78 is 15.1. The van der Waals surface area contributed by atoms with Crippen LogP contribution in [-0.4, -0.2) is 6.66 Å². The number of hydrogen-bond donors (Lipinski definition) is 0. The molecular weight excluding hydrogens is 378 g/mol. The molecule has 0 radical (unpaired) electrons. The third-order valence-corrected chi connectivity index (χ3v) is 14.9. The highest BCUT2D eigenvalue weighted by Gasteiger charge is 2.61. The van der Waals surface area contributed by atoms with Crippen molar-refractivity contribution in [2.45, 2.75) is 41.5 Å². The molecule has 2 bridgehead atoms. The highest BCUT2D eigenvalue weighted by atomic mass is 31.2. The van der Waals surface area contributed by atoms with E-state index in [9.17, 15) is 0 Å². The molecule has 0 aromatic heterocycles. The first-order valence-corrected chi connectivity index (χ1v) is 13.9. The molecule has 3 heteroatoms. The van der Waals surface area contributed by atoms with Crippen molar-refractivity contribution in [3.05, 3.63) is 69.8 Å². The topological polar surface area (TPSA) is 17.1 Å². The number of benzene rings is 3. The standard InChI is InChI=1S/C25H27OP2/c1-14-8-20-23(11-17(14)4)28(26)24-12-18(5)15(2)9-21(24)27(20,7)22-10-16(3)19(6)13-25(22)28/h8-13H,1-7H3/q+1. The van der Waals surface area contributed by atoms with Gasteiger partial charge in [-0.15, -0.1) is 0 Å². The quantitative estimate of drug-likeness (QED) is 0.521. The lowest BCUT2D eigenvalue weighted by atomic mass is 10.1. The van der Waals surface area contributed by atoms with E-state index in [1.54, 1.807) is 0 Å². The van der Waals surface area contributed by atoms with Crippen molar-refractivity contribution in [3.63, 3.8) is 0 Å². The van der Waals surface area contributed by atoms with E-state index in [1.165, 1.54) is 49.3 Å². The first-order valence-electron chi connectivity index (χ1n) is 9.94. The minimum atomic E-state index is -2.85. The minimum Gasteiger partial charge on any atom is -0.308 e. The molecule has 3 heterocycles. The maximum Gasteiger partial charge on any atom is 0.182 e. The molecule has 1 nitrogen and oxygen atoms in total. The Kier molecular flexibility index (Phi) is 3.59. The molecule has 3 aromatic rings. The monoisotopic (exact) mass is 405 g/mol. The van der Waals surface area contributed by atoms with E-state index in [2.05, 4.69) is 84.6 Å². The van der Waals surface area contributed by atoms with Crippen LogP contribution in [0.25, 0.3) is 0 Å². The summed E-state index contributed by atoms with van der Waals surface area (Å²) in [4.78, 5) is 0. The zero-order chi connectivity index (χ0) is 20.2. The van der Waals surface area contributed by atoms with E-state index in [-0.39, 0.29) is 0 Å². The molecule has 0 N–H and O–H groups in total. The Balaban J connectivity index is 2.05. The van der Waals surface area contributed by atoms with Crippen LogP contribution in [0.4, 0.5) is 0 Å². The van der Waals surface area contributed by atoms with Crippen molar-refractivity contribution in [2.75, 3.05) is 6.66 Å². The van der Waals surface area contributed by atoms with Crippen molar-refractivity contribution >= 4 is 46.2 Å². The average molecular weight is 405 g/mol. The summed E-state index contributed by atoms with van der Waals surface area (Å²) >= 11 is 0. The second-order valence-corrected chi connectivity index (χ2v) is 15.0. The predicted octanol–water partition coefficient (Wildman–Crippen LogP) is 3.73. The SMILES string of the molecule is Cc1cc2c(cc1C)[P+]1(C)c3cc(C)c(C)cc3P2(=O)c2cc(C)c(C)cc21. The van der Waals surface area contributed by atoms with Crippen LogP contribution in [-0.2, 0) is 4.57 Å². The predicted molar refractivity (Wildman–Crippen MR) is 126 cm³/mol. The van der Waals surface area contributed by atoms with Gasteiger partial charge in [0.05, 0.1) is 22.6 Å². The van der Waals surface area contributed by atoms with Crippen molar-refractivity contribution in [1.29, 1.82) is 0 Å². The summed E-state index contributed by atoms with van der Waals surface area (Å²) in [5, 5.41) is 7.38. The van der Waals surface area contributed by atoms with Crippen LogP contribution in [0.2, 0.25) is 0 Å². The fraction of sp³-hybridized carbons (Fsp3) is 0.280. The van der Waals surface area contributed by atoms with Crippen LogP contribution in [0.1, 0.15) is 33.4 Å². The fourth-order valence-corrected chi connectivity index (χ4v) is 14.8. The number of hydrogen-bond acceptors (Lipinski definition) is 1. The summed E-state index contributed by atoms with van der Waals surface area (Å²) in [6.07, 6.45) is 0. The highest BCUT2D eigenvalue weighted by Crippen LogP contribution is 2.64. The van der Waals surface area contributed by atoms with Gasteiger partial charge in [0.15, 0.2) is 7.14 Å². The lowest BCUT2D eigenvalue weighted by Gasteiger charge is -2.43. The second-order valence-electron chi connectivity index (χ2n) is 8.89. The lowest BCUT2D eigenvalue weighted by Crippen LogP contribution is -2.60. The summed E-state index contributed by atoms with van der Waals surface area (Å²) in [7, 11) is -4.66. The van der Waals surface area contributed by atoms with Crippen LogP contribution in [0, 0.1) is 41.5 Å². The Morgan fingerprint density at radius 1 is 0.536 bits per heavy atom. The van der Waals surface area contributed by atoms with E-state index in [0.717, 1.165) is 15.9 Å². The molecule has 0 spiro atoms. The average Bonchev–Trinajstić information content (AvgIpc) is 2.64. The zero-order valence-corrected chi connectivity index (χ0v) is 19.6. The largest absolute Gasteiger partial charge is 0.308 e. The summed E-state index contributed by atoms with van der Waals surface area (Å²) in [6, 6.07) is 13.8. The van der Waals surface area contributed by atoms with Crippen molar-refractivity contribution in [3.8, 4) is 0 Å². The number of rotatable bonds is 0. The molecule has 28 heavy (non-hydrogen) atoms. The van der Waals surface area contributed by atoms with Crippen molar-refractivity contribution < 1.29 is 4.57 Å². The summed E-state index contributed by atoms with van der Waals surface area (Å²) in [6.45, 7) is 15.4. The molecule has 0 amide bonds. The Hall–Kier alpha value is -1.68. The third kappa shape index (κ3) is 1.95. The molecule has 0 saturated carbocycles. The Bertz CT molecular complexity index is 1110. The molecule has 3 aromatic carbocycles. The molecule has 0 unspecified atom stereocenters. The van der Waals surface area contributed by atoms with Crippen molar-refractivity contribution in [2.24, 2.45) is 0 Å². The van der Waals surface area contributed by atoms with E-state index >= 15 is 4.57 Å². The molecule has 0 saturated heterocycles. The van der Waals surface area contributed by atoms with Gasteiger partial charge in [-0.25, -0.2) is 0 Å². The third-order valence-electron chi connectivity index (χ3n) is 7.24. The lowest BCUT2D eigenvalue weighted by molar-refractivity contribution is 0.592. The maximum absolute atomic E-state index is 15.1. The summed E-state index contributed by atoms with van der Waals surface area (Å²) in [5.41, 5.74) is 7.63. The Labute approximate surface area is 168 Å².